The summed E-state index contributed by atoms with van der Waals surface area (Å²) in [5, 5.41) is 15.7. The third-order valence-electron chi connectivity index (χ3n) is 6.00. The molecule has 0 radical (unpaired) electrons. The molecule has 2 bridgehead atoms. The Labute approximate surface area is 150 Å². The molecule has 1 N–H and O–H groups in total. The Hall–Kier alpha value is -1.96. The Balaban J connectivity index is 1.46. The summed E-state index contributed by atoms with van der Waals surface area (Å²) >= 11 is 1.29. The van der Waals surface area contributed by atoms with Gasteiger partial charge in [-0.15, -0.1) is 5.10 Å². The van der Waals surface area contributed by atoms with Gasteiger partial charge in [0.1, 0.15) is 5.76 Å². The number of anilines is 1. The molecule has 0 aromatic carbocycles. The van der Waals surface area contributed by atoms with Crippen molar-refractivity contribution in [3.05, 3.63) is 23.2 Å². The second-order valence-electron chi connectivity index (χ2n) is 7.63. The number of fused-ring (bicyclic) bond motifs is 5. The van der Waals surface area contributed by atoms with Gasteiger partial charge in [0, 0.05) is 17.4 Å². The van der Waals surface area contributed by atoms with Gasteiger partial charge in [0.2, 0.25) is 11.1 Å². The molecule has 0 saturated heterocycles. The second-order valence-corrected chi connectivity index (χ2v) is 8.58. The van der Waals surface area contributed by atoms with E-state index in [9.17, 15) is 4.79 Å². The van der Waals surface area contributed by atoms with E-state index >= 15 is 0 Å². The highest BCUT2D eigenvalue weighted by Crippen LogP contribution is 2.66. The molecule has 0 spiro atoms. The first-order valence-corrected chi connectivity index (χ1v) is 9.41. The molecule has 0 aliphatic heterocycles. The van der Waals surface area contributed by atoms with Gasteiger partial charge in [0.25, 0.3) is 0 Å². The molecule has 2 aliphatic rings. The molecule has 2 aromatic heterocycles. The van der Waals surface area contributed by atoms with Crippen LogP contribution in [0.25, 0.3) is 0 Å². The number of carbonyl (C=O) groups is 1. The van der Waals surface area contributed by atoms with E-state index in [0.29, 0.717) is 22.7 Å². The lowest BCUT2D eigenvalue weighted by Crippen LogP contribution is -2.32. The maximum absolute atomic E-state index is 12.0. The maximum Gasteiger partial charge on any atom is 0.236 e. The SMILES string of the molecule is Cc1cc(NC(=O)CSc2nnc3c(n2)C2(C)CCC3C2(C)C)no1. The minimum absolute atomic E-state index is 0.0404. The number of thioether (sulfide) groups is 1. The van der Waals surface area contributed by atoms with Crippen molar-refractivity contribution < 1.29 is 9.32 Å². The first-order valence-electron chi connectivity index (χ1n) is 8.42. The quantitative estimate of drug-likeness (QED) is 0.838. The van der Waals surface area contributed by atoms with Crippen molar-refractivity contribution in [2.24, 2.45) is 5.41 Å². The number of amides is 1. The topological polar surface area (TPSA) is 93.8 Å². The van der Waals surface area contributed by atoms with Gasteiger partial charge in [0.15, 0.2) is 5.82 Å². The minimum Gasteiger partial charge on any atom is -0.360 e. The Kier molecular flexibility index (Phi) is 3.64. The van der Waals surface area contributed by atoms with Crippen LogP contribution in [0.4, 0.5) is 5.82 Å². The smallest absolute Gasteiger partial charge is 0.236 e. The summed E-state index contributed by atoms with van der Waals surface area (Å²) in [6.45, 7) is 8.65. The molecule has 2 heterocycles. The van der Waals surface area contributed by atoms with Crippen LogP contribution in [0, 0.1) is 12.3 Å². The van der Waals surface area contributed by atoms with E-state index in [2.05, 4.69) is 41.4 Å². The van der Waals surface area contributed by atoms with Gasteiger partial charge in [-0.3, -0.25) is 4.79 Å². The van der Waals surface area contributed by atoms with E-state index in [1.807, 2.05) is 0 Å². The number of aromatic nitrogens is 4. The minimum atomic E-state index is -0.171. The molecule has 7 nitrogen and oxygen atoms in total. The van der Waals surface area contributed by atoms with Crippen molar-refractivity contribution in [1.82, 2.24) is 20.3 Å². The van der Waals surface area contributed by atoms with Crippen molar-refractivity contribution in [2.45, 2.75) is 57.0 Å². The van der Waals surface area contributed by atoms with Gasteiger partial charge in [0.05, 0.1) is 17.1 Å². The zero-order chi connectivity index (χ0) is 17.8. The standard InChI is InChI=1S/C17H21N5O2S/c1-9-7-11(22-24-9)18-12(23)8-25-15-19-14-13(20-21-15)10-5-6-17(14,4)16(10,2)3/h7,10H,5-6,8H2,1-4H3,(H,18,22,23). The van der Waals surface area contributed by atoms with E-state index in [-0.39, 0.29) is 22.5 Å². The van der Waals surface area contributed by atoms with E-state index in [1.165, 1.54) is 11.8 Å². The average Bonchev–Trinajstić information content (AvgIpc) is 3.12. The highest BCUT2D eigenvalue weighted by Gasteiger charge is 2.61. The summed E-state index contributed by atoms with van der Waals surface area (Å²) in [6, 6.07) is 1.68. The summed E-state index contributed by atoms with van der Waals surface area (Å²) < 4.78 is 4.93. The molecular weight excluding hydrogens is 338 g/mol. The van der Waals surface area contributed by atoms with Crippen LogP contribution in [0.2, 0.25) is 0 Å². The molecule has 8 heteroatoms. The van der Waals surface area contributed by atoms with Crippen molar-refractivity contribution >= 4 is 23.5 Å². The van der Waals surface area contributed by atoms with Gasteiger partial charge >= 0.3 is 0 Å². The average molecular weight is 359 g/mol. The predicted molar refractivity (Wildman–Crippen MR) is 93.5 cm³/mol. The van der Waals surface area contributed by atoms with E-state index in [1.54, 1.807) is 13.0 Å². The lowest BCUT2D eigenvalue weighted by molar-refractivity contribution is -0.113. The molecule has 2 unspecified atom stereocenters. The number of carbonyl (C=O) groups excluding carboxylic acids is 1. The van der Waals surface area contributed by atoms with Gasteiger partial charge in [-0.05, 0) is 25.2 Å². The number of rotatable bonds is 4. The van der Waals surface area contributed by atoms with Crippen LogP contribution in [0.15, 0.2) is 15.7 Å². The van der Waals surface area contributed by atoms with Crippen molar-refractivity contribution in [3.63, 3.8) is 0 Å². The van der Waals surface area contributed by atoms with E-state index < -0.39 is 0 Å². The normalized spacial score (nSPS) is 25.8. The van der Waals surface area contributed by atoms with Crippen molar-refractivity contribution in [2.75, 3.05) is 11.1 Å². The van der Waals surface area contributed by atoms with E-state index in [0.717, 1.165) is 24.2 Å². The zero-order valence-electron chi connectivity index (χ0n) is 14.8. The fourth-order valence-electron chi connectivity index (χ4n) is 4.16. The van der Waals surface area contributed by atoms with Crippen LogP contribution in [-0.2, 0) is 10.2 Å². The Bertz CT molecular complexity index is 849. The largest absolute Gasteiger partial charge is 0.360 e. The molecule has 132 valence electrons. The van der Waals surface area contributed by atoms with E-state index in [4.69, 9.17) is 9.51 Å². The van der Waals surface area contributed by atoms with Crippen molar-refractivity contribution in [3.8, 4) is 0 Å². The van der Waals surface area contributed by atoms with Crippen LogP contribution >= 0.6 is 11.8 Å². The van der Waals surface area contributed by atoms with Gasteiger partial charge in [-0.25, -0.2) is 4.98 Å². The molecule has 1 saturated carbocycles. The Morgan fingerprint density at radius 2 is 2.20 bits per heavy atom. The highest BCUT2D eigenvalue weighted by molar-refractivity contribution is 7.99. The summed E-state index contributed by atoms with van der Waals surface area (Å²) in [7, 11) is 0. The number of nitrogens with zero attached hydrogens (tertiary/aromatic N) is 4. The summed E-state index contributed by atoms with van der Waals surface area (Å²) in [4.78, 5) is 16.8. The molecule has 4 rings (SSSR count). The molecule has 1 fully saturated rings. The fraction of sp³-hybridized carbons (Fsp3) is 0.588. The van der Waals surface area contributed by atoms with Crippen LogP contribution in [0.5, 0.6) is 0 Å². The maximum atomic E-state index is 12.0. The molecular formula is C17H21N5O2S. The lowest BCUT2D eigenvalue weighted by atomic mass is 9.70. The molecule has 2 atom stereocenters. The van der Waals surface area contributed by atoms with Crippen LogP contribution in [0.1, 0.15) is 56.7 Å². The molecule has 1 amide bonds. The van der Waals surface area contributed by atoms with Crippen LogP contribution in [-0.4, -0.2) is 32.0 Å². The Morgan fingerprint density at radius 3 is 2.92 bits per heavy atom. The summed E-state index contributed by atoms with van der Waals surface area (Å²) in [5.74, 6) is 1.54. The fourth-order valence-corrected chi connectivity index (χ4v) is 4.74. The first kappa shape index (κ1) is 16.5. The van der Waals surface area contributed by atoms with Gasteiger partial charge in [-0.1, -0.05) is 37.7 Å². The van der Waals surface area contributed by atoms with Gasteiger partial charge < -0.3 is 9.84 Å². The molecule has 2 aliphatic carbocycles. The lowest BCUT2D eigenvalue weighted by Gasteiger charge is -2.33. The van der Waals surface area contributed by atoms with Crippen LogP contribution < -0.4 is 5.32 Å². The van der Waals surface area contributed by atoms with Crippen LogP contribution in [0.3, 0.4) is 0 Å². The number of hydrogen-bond acceptors (Lipinski definition) is 7. The zero-order valence-corrected chi connectivity index (χ0v) is 15.6. The second kappa shape index (κ2) is 5.52. The monoisotopic (exact) mass is 359 g/mol. The third-order valence-corrected chi connectivity index (χ3v) is 6.84. The summed E-state index contributed by atoms with van der Waals surface area (Å²) in [6.07, 6.45) is 2.28. The van der Waals surface area contributed by atoms with Gasteiger partial charge in [-0.2, -0.15) is 5.10 Å². The molecule has 2 aromatic rings. The first-order chi connectivity index (χ1) is 11.8. The molecule has 25 heavy (non-hydrogen) atoms. The third kappa shape index (κ3) is 2.46. The predicted octanol–water partition coefficient (Wildman–Crippen LogP) is 3.07. The highest BCUT2D eigenvalue weighted by atomic mass is 32.2. The summed E-state index contributed by atoms with van der Waals surface area (Å²) in [5.41, 5.74) is 2.31. The number of aryl methyl sites for hydroxylation is 1. The van der Waals surface area contributed by atoms with Crippen molar-refractivity contribution in [1.29, 1.82) is 0 Å². The number of nitrogens with one attached hydrogen (secondary N) is 1. The number of hydrogen-bond donors (Lipinski definition) is 1. The Morgan fingerprint density at radius 1 is 1.40 bits per heavy atom.